The molecule has 0 radical (unpaired) electrons. The second-order valence-corrected chi connectivity index (χ2v) is 12.9. The highest BCUT2D eigenvalue weighted by Gasteiger charge is 2.21. The van der Waals surface area contributed by atoms with Crippen molar-refractivity contribution in [2.75, 3.05) is 0 Å². The molecule has 0 fully saturated rings. The van der Waals surface area contributed by atoms with Crippen LogP contribution in [0.4, 0.5) is 0 Å². The molecule has 1 heterocycles. The summed E-state index contributed by atoms with van der Waals surface area (Å²) in [5.74, 6) is -0.419. The number of esters is 1. The second kappa shape index (κ2) is 12.2. The van der Waals surface area contributed by atoms with Crippen molar-refractivity contribution in [1.82, 2.24) is 9.88 Å². The maximum Gasteiger partial charge on any atom is 0.339 e. The van der Waals surface area contributed by atoms with Crippen molar-refractivity contribution in [3.63, 3.8) is 0 Å². The van der Waals surface area contributed by atoms with E-state index in [2.05, 4.69) is 63.9 Å². The monoisotopic (exact) mass is 636 g/mol. The minimum absolute atomic E-state index is 0.0932. The highest BCUT2D eigenvalue weighted by Crippen LogP contribution is 2.30. The molecule has 220 valence electrons. The van der Waals surface area contributed by atoms with E-state index in [1.165, 1.54) is 0 Å². The molecular formula is C37H37BrN2O3. The van der Waals surface area contributed by atoms with E-state index >= 15 is 0 Å². The average molecular weight is 638 g/mol. The molecule has 0 unspecified atom stereocenters. The maximum absolute atomic E-state index is 13.2. The van der Waals surface area contributed by atoms with Gasteiger partial charge in [-0.05, 0) is 106 Å². The highest BCUT2D eigenvalue weighted by molar-refractivity contribution is 9.10. The lowest BCUT2D eigenvalue weighted by molar-refractivity contribution is 0.00703. The van der Waals surface area contributed by atoms with Gasteiger partial charge in [-0.2, -0.15) is 0 Å². The summed E-state index contributed by atoms with van der Waals surface area (Å²) in [5, 5.41) is 4.20. The zero-order valence-corrected chi connectivity index (χ0v) is 27.1. The first kappa shape index (κ1) is 30.3. The van der Waals surface area contributed by atoms with E-state index in [1.54, 1.807) is 0 Å². The average Bonchev–Trinajstić information content (AvgIpc) is 3.21. The summed E-state index contributed by atoms with van der Waals surface area (Å²) in [6.45, 7) is 12.5. The number of ether oxygens (including phenoxy) is 1. The van der Waals surface area contributed by atoms with E-state index in [4.69, 9.17) is 4.74 Å². The minimum Gasteiger partial charge on any atom is -0.456 e. The normalized spacial score (nSPS) is 12.3. The summed E-state index contributed by atoms with van der Waals surface area (Å²) >= 11 is 3.46. The van der Waals surface area contributed by atoms with Crippen LogP contribution in [0.2, 0.25) is 0 Å². The Hall–Kier alpha value is -4.16. The second-order valence-electron chi connectivity index (χ2n) is 12.0. The minimum atomic E-state index is -0.563. The number of amides is 1. The fourth-order valence-electron chi connectivity index (χ4n) is 5.33. The predicted molar refractivity (Wildman–Crippen MR) is 178 cm³/mol. The number of hydrogen-bond acceptors (Lipinski definition) is 3. The lowest BCUT2D eigenvalue weighted by atomic mass is 9.98. The number of rotatable bonds is 7. The highest BCUT2D eigenvalue weighted by atomic mass is 79.9. The van der Waals surface area contributed by atoms with Gasteiger partial charge >= 0.3 is 5.97 Å². The van der Waals surface area contributed by atoms with Crippen LogP contribution >= 0.6 is 15.9 Å². The predicted octanol–water partition coefficient (Wildman–Crippen LogP) is 9.18. The number of halogens is 1. The smallest absolute Gasteiger partial charge is 0.339 e. The van der Waals surface area contributed by atoms with Gasteiger partial charge < -0.3 is 14.6 Å². The van der Waals surface area contributed by atoms with Gasteiger partial charge in [-0.25, -0.2) is 4.79 Å². The Labute approximate surface area is 262 Å². The Morgan fingerprint density at radius 2 is 1.58 bits per heavy atom. The molecule has 4 aromatic carbocycles. The molecule has 5 nitrogen and oxygen atoms in total. The Morgan fingerprint density at radius 3 is 2.26 bits per heavy atom. The molecule has 1 atom stereocenters. The summed E-state index contributed by atoms with van der Waals surface area (Å²) < 4.78 is 8.94. The van der Waals surface area contributed by atoms with E-state index in [0.29, 0.717) is 17.7 Å². The summed E-state index contributed by atoms with van der Waals surface area (Å²) in [4.78, 5) is 26.0. The van der Waals surface area contributed by atoms with Gasteiger partial charge in [-0.15, -0.1) is 0 Å². The molecule has 1 N–H and O–H groups in total. The molecule has 0 aliphatic rings. The molecule has 5 rings (SSSR count). The van der Waals surface area contributed by atoms with Crippen molar-refractivity contribution < 1.29 is 14.3 Å². The first-order valence-electron chi connectivity index (χ1n) is 14.5. The molecule has 0 bridgehead atoms. The first-order chi connectivity index (χ1) is 20.4. The fourth-order valence-corrected chi connectivity index (χ4v) is 5.59. The van der Waals surface area contributed by atoms with Crippen LogP contribution in [0.3, 0.4) is 0 Å². The number of nitrogens with one attached hydrogen (secondary N) is 1. The van der Waals surface area contributed by atoms with Gasteiger partial charge in [0.2, 0.25) is 0 Å². The molecule has 0 saturated heterocycles. The van der Waals surface area contributed by atoms with E-state index in [0.717, 1.165) is 48.9 Å². The van der Waals surface area contributed by atoms with E-state index < -0.39 is 5.60 Å². The van der Waals surface area contributed by atoms with E-state index in [1.807, 2.05) is 94.4 Å². The zero-order valence-electron chi connectivity index (χ0n) is 25.5. The van der Waals surface area contributed by atoms with Gasteiger partial charge in [-0.3, -0.25) is 4.79 Å². The standard InChI is InChI=1S/C37H37BrN2O3/c1-23-25(3)40(34-20-17-29(21-33(23)34)35(41)39-24(2)27-15-18-30(38)19-16-27)22-26-11-13-28(14-12-26)31-9-7-8-10-32(31)36(42)43-37(4,5)6/h7-21,24H,22H2,1-6H3,(H,39,41)/t24-/m1/s1. The van der Waals surface area contributed by atoms with Crippen LogP contribution in [0.15, 0.2) is 95.5 Å². The van der Waals surface area contributed by atoms with Crippen LogP contribution < -0.4 is 5.32 Å². The van der Waals surface area contributed by atoms with Crippen molar-refractivity contribution in [3.8, 4) is 11.1 Å². The van der Waals surface area contributed by atoms with Crippen LogP contribution in [-0.4, -0.2) is 22.0 Å². The van der Waals surface area contributed by atoms with Gasteiger partial charge in [0.05, 0.1) is 11.6 Å². The van der Waals surface area contributed by atoms with Gasteiger partial charge in [0, 0.05) is 33.2 Å². The number of carbonyl (C=O) groups is 2. The van der Waals surface area contributed by atoms with Crippen molar-refractivity contribution in [2.24, 2.45) is 0 Å². The Bertz CT molecular complexity index is 1800. The van der Waals surface area contributed by atoms with Crippen LogP contribution in [0.5, 0.6) is 0 Å². The van der Waals surface area contributed by atoms with E-state index in [9.17, 15) is 9.59 Å². The number of fused-ring (bicyclic) bond motifs is 1. The summed E-state index contributed by atoms with van der Waals surface area (Å²) in [7, 11) is 0. The Kier molecular flexibility index (Phi) is 8.61. The lowest BCUT2D eigenvalue weighted by Crippen LogP contribution is -2.26. The van der Waals surface area contributed by atoms with Crippen molar-refractivity contribution in [3.05, 3.63) is 129 Å². The molecule has 43 heavy (non-hydrogen) atoms. The third-order valence-corrected chi connectivity index (χ3v) is 8.30. The Morgan fingerprint density at radius 1 is 0.907 bits per heavy atom. The van der Waals surface area contributed by atoms with Crippen LogP contribution in [0.25, 0.3) is 22.0 Å². The van der Waals surface area contributed by atoms with Crippen molar-refractivity contribution >= 4 is 38.7 Å². The number of carbonyl (C=O) groups excluding carboxylic acids is 2. The molecule has 1 aromatic heterocycles. The van der Waals surface area contributed by atoms with Gasteiger partial charge in [-0.1, -0.05) is 70.5 Å². The quantitative estimate of drug-likeness (QED) is 0.181. The third-order valence-electron chi connectivity index (χ3n) is 7.77. The van der Waals surface area contributed by atoms with Crippen LogP contribution in [0, 0.1) is 13.8 Å². The molecule has 5 aromatic rings. The van der Waals surface area contributed by atoms with Crippen LogP contribution in [-0.2, 0) is 11.3 Å². The molecule has 0 aliphatic heterocycles. The maximum atomic E-state index is 13.2. The number of benzene rings is 4. The topological polar surface area (TPSA) is 60.3 Å². The molecule has 0 saturated carbocycles. The SMILES string of the molecule is Cc1c(C)n(Cc2ccc(-c3ccccc3C(=O)OC(C)(C)C)cc2)c2ccc(C(=O)N[C@H](C)c3ccc(Br)cc3)cc12. The van der Waals surface area contributed by atoms with Crippen molar-refractivity contribution in [2.45, 2.75) is 59.7 Å². The van der Waals surface area contributed by atoms with Gasteiger partial charge in [0.1, 0.15) is 5.60 Å². The largest absolute Gasteiger partial charge is 0.456 e. The molecule has 0 spiro atoms. The third kappa shape index (κ3) is 6.75. The van der Waals surface area contributed by atoms with E-state index in [-0.39, 0.29) is 17.9 Å². The van der Waals surface area contributed by atoms with Gasteiger partial charge in [0.15, 0.2) is 0 Å². The van der Waals surface area contributed by atoms with Crippen molar-refractivity contribution in [1.29, 1.82) is 0 Å². The molecule has 1 amide bonds. The molecule has 0 aliphatic carbocycles. The van der Waals surface area contributed by atoms with Crippen LogP contribution in [0.1, 0.15) is 76.8 Å². The number of nitrogens with zero attached hydrogens (tertiary/aromatic N) is 1. The molecule has 6 heteroatoms. The summed E-state index contributed by atoms with van der Waals surface area (Å²) in [5.41, 5.74) is 8.05. The molecular weight excluding hydrogens is 600 g/mol. The Balaban J connectivity index is 1.36. The number of hydrogen-bond donors (Lipinski definition) is 1. The lowest BCUT2D eigenvalue weighted by Gasteiger charge is -2.20. The number of aromatic nitrogens is 1. The zero-order chi connectivity index (χ0) is 30.9. The number of aryl methyl sites for hydroxylation is 1. The van der Waals surface area contributed by atoms with Gasteiger partial charge in [0.25, 0.3) is 5.91 Å². The summed E-state index contributed by atoms with van der Waals surface area (Å²) in [6.07, 6.45) is 0. The fraction of sp³-hybridized carbons (Fsp3) is 0.243. The summed E-state index contributed by atoms with van der Waals surface area (Å²) in [6, 6.07) is 29.7. The first-order valence-corrected chi connectivity index (χ1v) is 15.3.